The molecule has 0 saturated heterocycles. The topological polar surface area (TPSA) is 44.5 Å². The molecule has 4 heteroatoms. The Kier molecular flexibility index (Phi) is 5.38. The minimum atomic E-state index is -0.304. The normalized spacial score (nSPS) is 14.4. The Balaban J connectivity index is 2.76. The molecule has 2 N–H and O–H groups in total. The van der Waals surface area contributed by atoms with E-state index in [0.29, 0.717) is 24.5 Å². The van der Waals surface area contributed by atoms with E-state index >= 15 is 0 Å². The second-order valence-electron chi connectivity index (χ2n) is 4.06. The summed E-state index contributed by atoms with van der Waals surface area (Å²) in [6, 6.07) is 4.12. The van der Waals surface area contributed by atoms with E-state index in [0.717, 1.165) is 0 Å². The van der Waals surface area contributed by atoms with Gasteiger partial charge < -0.3 is 15.2 Å². The summed E-state index contributed by atoms with van der Waals surface area (Å²) >= 11 is 0. The predicted molar refractivity (Wildman–Crippen MR) is 65.6 cm³/mol. The average Bonchev–Trinajstić information content (AvgIpc) is 2.28. The van der Waals surface area contributed by atoms with Crippen molar-refractivity contribution in [2.75, 3.05) is 13.2 Å². The van der Waals surface area contributed by atoms with Crippen molar-refractivity contribution in [1.82, 2.24) is 0 Å². The molecule has 0 amide bonds. The Labute approximate surface area is 102 Å². The fraction of sp³-hybridized carbons (Fsp3) is 0.538. The van der Waals surface area contributed by atoms with Gasteiger partial charge in [0.1, 0.15) is 17.7 Å². The summed E-state index contributed by atoms with van der Waals surface area (Å²) in [7, 11) is 0. The second kappa shape index (κ2) is 6.57. The van der Waals surface area contributed by atoms with Crippen molar-refractivity contribution in [2.24, 2.45) is 5.73 Å². The lowest BCUT2D eigenvalue weighted by Gasteiger charge is -2.18. The molecule has 3 nitrogen and oxygen atoms in total. The van der Waals surface area contributed by atoms with Crippen LogP contribution in [0, 0.1) is 5.82 Å². The molecule has 0 bridgehead atoms. The highest BCUT2D eigenvalue weighted by Gasteiger charge is 2.12. The van der Waals surface area contributed by atoms with Gasteiger partial charge in [-0.25, -0.2) is 4.39 Å². The van der Waals surface area contributed by atoms with Gasteiger partial charge in [0.2, 0.25) is 0 Å². The second-order valence-corrected chi connectivity index (χ2v) is 4.06. The van der Waals surface area contributed by atoms with Crippen molar-refractivity contribution in [1.29, 1.82) is 0 Å². The van der Waals surface area contributed by atoms with Crippen LogP contribution in [0.15, 0.2) is 18.2 Å². The van der Waals surface area contributed by atoms with E-state index in [1.807, 2.05) is 13.8 Å². The lowest BCUT2D eigenvalue weighted by Crippen LogP contribution is -2.20. The zero-order chi connectivity index (χ0) is 12.8. The molecule has 0 spiro atoms. The fourth-order valence-electron chi connectivity index (χ4n) is 1.52. The first-order valence-corrected chi connectivity index (χ1v) is 5.84. The minimum absolute atomic E-state index is 0.0853. The molecule has 0 aliphatic rings. The van der Waals surface area contributed by atoms with Crippen molar-refractivity contribution in [2.45, 2.75) is 32.9 Å². The first-order chi connectivity index (χ1) is 8.04. The largest absolute Gasteiger partial charge is 0.488 e. The molecule has 1 unspecified atom stereocenters. The summed E-state index contributed by atoms with van der Waals surface area (Å²) in [6.45, 7) is 6.79. The van der Waals surface area contributed by atoms with Crippen LogP contribution >= 0.6 is 0 Å². The number of nitrogens with two attached hydrogens (primary N) is 1. The van der Waals surface area contributed by atoms with Crippen molar-refractivity contribution in [3.05, 3.63) is 29.6 Å². The van der Waals surface area contributed by atoms with Gasteiger partial charge in [-0.2, -0.15) is 0 Å². The van der Waals surface area contributed by atoms with Crippen LogP contribution in [0.3, 0.4) is 0 Å². The standard InChI is InChI=1S/C13H20FNO2/c1-4-16-8-9(2)17-13-6-5-11(14)7-12(13)10(3)15/h5-7,9-10H,4,8,15H2,1-3H3/t9?,10-/m1/s1. The zero-order valence-electron chi connectivity index (χ0n) is 10.6. The summed E-state index contributed by atoms with van der Waals surface area (Å²) in [5.74, 6) is 0.315. The molecular weight excluding hydrogens is 221 g/mol. The predicted octanol–water partition coefficient (Wildman–Crippen LogP) is 2.65. The van der Waals surface area contributed by atoms with E-state index < -0.39 is 0 Å². The SMILES string of the molecule is CCOCC(C)Oc1ccc(F)cc1[C@@H](C)N. The smallest absolute Gasteiger partial charge is 0.124 e. The quantitative estimate of drug-likeness (QED) is 0.832. The first kappa shape index (κ1) is 13.9. The van der Waals surface area contributed by atoms with Gasteiger partial charge >= 0.3 is 0 Å². The van der Waals surface area contributed by atoms with Gasteiger partial charge in [-0.1, -0.05) is 0 Å². The molecule has 2 atom stereocenters. The van der Waals surface area contributed by atoms with Gasteiger partial charge in [-0.15, -0.1) is 0 Å². The van der Waals surface area contributed by atoms with Gasteiger partial charge in [0.25, 0.3) is 0 Å². The van der Waals surface area contributed by atoms with E-state index in [1.54, 1.807) is 13.0 Å². The molecule has 1 rings (SSSR count). The Morgan fingerprint density at radius 2 is 2.06 bits per heavy atom. The lowest BCUT2D eigenvalue weighted by molar-refractivity contribution is 0.0650. The van der Waals surface area contributed by atoms with Gasteiger partial charge in [0.05, 0.1) is 6.61 Å². The number of hydrogen-bond acceptors (Lipinski definition) is 3. The average molecular weight is 241 g/mol. The highest BCUT2D eigenvalue weighted by molar-refractivity contribution is 5.36. The maximum absolute atomic E-state index is 13.1. The van der Waals surface area contributed by atoms with E-state index in [1.165, 1.54) is 12.1 Å². The van der Waals surface area contributed by atoms with Crippen LogP contribution in [0.25, 0.3) is 0 Å². The van der Waals surface area contributed by atoms with Crippen LogP contribution in [0.4, 0.5) is 4.39 Å². The third-order valence-electron chi connectivity index (χ3n) is 2.35. The molecule has 0 heterocycles. The van der Waals surface area contributed by atoms with Crippen LogP contribution in [0.5, 0.6) is 5.75 Å². The van der Waals surface area contributed by atoms with Crippen molar-refractivity contribution in [3.8, 4) is 5.75 Å². The first-order valence-electron chi connectivity index (χ1n) is 5.84. The molecule has 0 aliphatic heterocycles. The van der Waals surface area contributed by atoms with E-state index in [9.17, 15) is 4.39 Å². The van der Waals surface area contributed by atoms with Crippen LogP contribution in [-0.2, 0) is 4.74 Å². The zero-order valence-corrected chi connectivity index (χ0v) is 10.6. The molecule has 0 fully saturated rings. The third-order valence-corrected chi connectivity index (χ3v) is 2.35. The van der Waals surface area contributed by atoms with Gasteiger partial charge in [-0.3, -0.25) is 0 Å². The van der Waals surface area contributed by atoms with E-state index in [4.69, 9.17) is 15.2 Å². The van der Waals surface area contributed by atoms with Gasteiger partial charge in [0, 0.05) is 18.2 Å². The number of halogens is 1. The maximum Gasteiger partial charge on any atom is 0.124 e. The monoisotopic (exact) mass is 241 g/mol. The maximum atomic E-state index is 13.1. The molecule has 0 radical (unpaired) electrons. The Morgan fingerprint density at radius 1 is 1.35 bits per heavy atom. The lowest BCUT2D eigenvalue weighted by atomic mass is 10.1. The molecule has 1 aromatic rings. The van der Waals surface area contributed by atoms with Crippen LogP contribution in [0.1, 0.15) is 32.4 Å². The van der Waals surface area contributed by atoms with Crippen LogP contribution in [-0.4, -0.2) is 19.3 Å². The summed E-state index contributed by atoms with van der Waals surface area (Å²) in [6.07, 6.45) is -0.0853. The molecule has 0 aromatic heterocycles. The van der Waals surface area contributed by atoms with Crippen molar-refractivity contribution < 1.29 is 13.9 Å². The Hall–Kier alpha value is -1.13. The molecule has 1 aromatic carbocycles. The summed E-state index contributed by atoms with van der Waals surface area (Å²) in [4.78, 5) is 0. The summed E-state index contributed by atoms with van der Waals surface area (Å²) in [5.41, 5.74) is 6.46. The molecule has 17 heavy (non-hydrogen) atoms. The van der Waals surface area contributed by atoms with Crippen LogP contribution in [0.2, 0.25) is 0 Å². The number of ether oxygens (including phenoxy) is 2. The van der Waals surface area contributed by atoms with Gasteiger partial charge in [0.15, 0.2) is 0 Å². The highest BCUT2D eigenvalue weighted by atomic mass is 19.1. The minimum Gasteiger partial charge on any atom is -0.488 e. The number of hydrogen-bond donors (Lipinski definition) is 1. The van der Waals surface area contributed by atoms with E-state index in [-0.39, 0.29) is 18.0 Å². The highest BCUT2D eigenvalue weighted by Crippen LogP contribution is 2.25. The Morgan fingerprint density at radius 3 is 2.65 bits per heavy atom. The Bertz CT molecular complexity index is 355. The summed E-state index contributed by atoms with van der Waals surface area (Å²) in [5, 5.41) is 0. The van der Waals surface area contributed by atoms with Gasteiger partial charge in [-0.05, 0) is 39.0 Å². The van der Waals surface area contributed by atoms with E-state index in [2.05, 4.69) is 0 Å². The molecule has 0 aliphatic carbocycles. The number of rotatable bonds is 6. The fourth-order valence-corrected chi connectivity index (χ4v) is 1.52. The number of benzene rings is 1. The molecule has 96 valence electrons. The van der Waals surface area contributed by atoms with Crippen LogP contribution < -0.4 is 10.5 Å². The summed E-state index contributed by atoms with van der Waals surface area (Å²) < 4.78 is 24.1. The molecular formula is C13H20FNO2. The molecule has 0 saturated carbocycles. The third kappa shape index (κ3) is 4.32. The van der Waals surface area contributed by atoms with Crippen molar-refractivity contribution in [3.63, 3.8) is 0 Å². The van der Waals surface area contributed by atoms with Crippen molar-refractivity contribution >= 4 is 0 Å².